The van der Waals surface area contributed by atoms with Gasteiger partial charge in [-0.05, 0) is 25.0 Å². The molecule has 0 spiro atoms. The van der Waals surface area contributed by atoms with E-state index >= 15 is 0 Å². The number of anilines is 1. The Morgan fingerprint density at radius 2 is 2.05 bits per heavy atom. The summed E-state index contributed by atoms with van der Waals surface area (Å²) in [7, 11) is -1.39. The number of sulfone groups is 1. The maximum absolute atomic E-state index is 12.6. The van der Waals surface area contributed by atoms with E-state index in [1.807, 2.05) is 31.2 Å². The standard InChI is InChI=1S/C15H22N2O3S/c1-11-10-13(12-6-4-5-7-14(12)16-11)15(18)17(2)8-9-21(3,19)20/h4-7,11,13,16H,8-10H2,1-3H3. The molecule has 116 valence electrons. The third-order valence-corrected chi connectivity index (χ3v) is 4.72. The summed E-state index contributed by atoms with van der Waals surface area (Å²) >= 11 is 0. The number of hydrogen-bond acceptors (Lipinski definition) is 4. The van der Waals surface area contributed by atoms with E-state index < -0.39 is 9.84 Å². The second kappa shape index (κ2) is 6.05. The molecule has 0 aliphatic carbocycles. The van der Waals surface area contributed by atoms with Gasteiger partial charge in [-0.2, -0.15) is 0 Å². The molecule has 1 aromatic rings. The molecule has 2 rings (SSSR count). The van der Waals surface area contributed by atoms with Crippen molar-refractivity contribution in [2.75, 3.05) is 30.9 Å². The number of amides is 1. The summed E-state index contributed by atoms with van der Waals surface area (Å²) in [6, 6.07) is 8.02. The van der Waals surface area contributed by atoms with Gasteiger partial charge in [-0.25, -0.2) is 8.42 Å². The number of rotatable bonds is 4. The van der Waals surface area contributed by atoms with Crippen LogP contribution in [0, 0.1) is 0 Å². The number of hydrogen-bond donors (Lipinski definition) is 1. The van der Waals surface area contributed by atoms with Crippen LogP contribution in [0.3, 0.4) is 0 Å². The Morgan fingerprint density at radius 3 is 2.71 bits per heavy atom. The van der Waals surface area contributed by atoms with Gasteiger partial charge in [-0.1, -0.05) is 18.2 Å². The predicted molar refractivity (Wildman–Crippen MR) is 84.2 cm³/mol. The molecule has 0 saturated carbocycles. The van der Waals surface area contributed by atoms with Crippen LogP contribution in [-0.2, 0) is 14.6 Å². The summed E-state index contributed by atoms with van der Waals surface area (Å²) in [5.41, 5.74) is 1.98. The Hall–Kier alpha value is -1.56. The number of nitrogens with one attached hydrogen (secondary N) is 1. The van der Waals surface area contributed by atoms with Crippen molar-refractivity contribution >= 4 is 21.4 Å². The van der Waals surface area contributed by atoms with Gasteiger partial charge in [0.1, 0.15) is 9.84 Å². The zero-order valence-electron chi connectivity index (χ0n) is 12.7. The molecule has 2 unspecified atom stereocenters. The average Bonchev–Trinajstić information content (AvgIpc) is 2.42. The van der Waals surface area contributed by atoms with Crippen LogP contribution >= 0.6 is 0 Å². The molecule has 0 saturated heterocycles. The molecule has 0 radical (unpaired) electrons. The highest BCUT2D eigenvalue weighted by molar-refractivity contribution is 7.90. The Bertz CT molecular complexity index is 628. The number of para-hydroxylation sites is 1. The van der Waals surface area contributed by atoms with Crippen LogP contribution in [0.1, 0.15) is 24.8 Å². The second-order valence-electron chi connectivity index (χ2n) is 5.81. The fourth-order valence-electron chi connectivity index (χ4n) is 2.65. The smallest absolute Gasteiger partial charge is 0.230 e. The molecule has 6 heteroatoms. The third-order valence-electron chi connectivity index (χ3n) is 3.80. The topological polar surface area (TPSA) is 66.5 Å². The number of likely N-dealkylation sites (N-methyl/N-ethyl adjacent to an activating group) is 1. The van der Waals surface area contributed by atoms with E-state index in [1.54, 1.807) is 7.05 Å². The number of carbonyl (C=O) groups is 1. The summed E-state index contributed by atoms with van der Waals surface area (Å²) in [5, 5.41) is 3.37. The number of benzene rings is 1. The highest BCUT2D eigenvalue weighted by Gasteiger charge is 2.31. The van der Waals surface area contributed by atoms with Gasteiger partial charge in [0.2, 0.25) is 5.91 Å². The molecule has 21 heavy (non-hydrogen) atoms. The van der Waals surface area contributed by atoms with Crippen molar-refractivity contribution in [1.82, 2.24) is 4.90 Å². The Labute approximate surface area is 126 Å². The highest BCUT2D eigenvalue weighted by atomic mass is 32.2. The lowest BCUT2D eigenvalue weighted by Gasteiger charge is -2.32. The van der Waals surface area contributed by atoms with E-state index in [9.17, 15) is 13.2 Å². The number of carbonyl (C=O) groups excluding carboxylic acids is 1. The molecule has 1 N–H and O–H groups in total. The van der Waals surface area contributed by atoms with Crippen LogP contribution in [0.2, 0.25) is 0 Å². The minimum Gasteiger partial charge on any atom is -0.382 e. The van der Waals surface area contributed by atoms with Crippen LogP contribution in [0.25, 0.3) is 0 Å². The van der Waals surface area contributed by atoms with Crippen molar-refractivity contribution < 1.29 is 13.2 Å². The molecule has 5 nitrogen and oxygen atoms in total. The molecule has 1 aliphatic heterocycles. The zero-order chi connectivity index (χ0) is 15.6. The van der Waals surface area contributed by atoms with E-state index in [0.717, 1.165) is 17.7 Å². The third kappa shape index (κ3) is 3.97. The molecule has 1 heterocycles. The molecular weight excluding hydrogens is 288 g/mol. The minimum atomic E-state index is -3.06. The maximum Gasteiger partial charge on any atom is 0.230 e. The van der Waals surface area contributed by atoms with E-state index in [4.69, 9.17) is 0 Å². The Kier molecular flexibility index (Phi) is 4.56. The Balaban J connectivity index is 2.15. The average molecular weight is 310 g/mol. The lowest BCUT2D eigenvalue weighted by molar-refractivity contribution is -0.131. The van der Waals surface area contributed by atoms with Crippen LogP contribution < -0.4 is 5.32 Å². The molecule has 1 aliphatic rings. The number of fused-ring (bicyclic) bond motifs is 1. The summed E-state index contributed by atoms with van der Waals surface area (Å²) in [6.07, 6.45) is 1.91. The quantitative estimate of drug-likeness (QED) is 0.915. The molecule has 2 atom stereocenters. The minimum absolute atomic E-state index is 0.00257. The van der Waals surface area contributed by atoms with E-state index in [2.05, 4.69) is 5.32 Å². The van der Waals surface area contributed by atoms with Gasteiger partial charge in [-0.15, -0.1) is 0 Å². The molecule has 0 bridgehead atoms. The van der Waals surface area contributed by atoms with Crippen molar-refractivity contribution in [3.63, 3.8) is 0 Å². The van der Waals surface area contributed by atoms with Gasteiger partial charge in [0.05, 0.1) is 11.7 Å². The first-order chi connectivity index (χ1) is 9.78. The van der Waals surface area contributed by atoms with E-state index in [1.165, 1.54) is 11.2 Å². The van der Waals surface area contributed by atoms with Crippen molar-refractivity contribution in [3.8, 4) is 0 Å². The molecule has 0 aromatic heterocycles. The second-order valence-corrected chi connectivity index (χ2v) is 8.07. The SMILES string of the molecule is CC1CC(C(=O)N(C)CCS(C)(=O)=O)c2ccccc2N1. The van der Waals surface area contributed by atoms with Gasteiger partial charge in [0, 0.05) is 31.6 Å². The normalized spacial score (nSPS) is 21.3. The van der Waals surface area contributed by atoms with Crippen LogP contribution in [-0.4, -0.2) is 50.9 Å². The van der Waals surface area contributed by atoms with E-state index in [-0.39, 0.29) is 30.2 Å². The lowest BCUT2D eigenvalue weighted by atomic mass is 9.86. The summed E-state index contributed by atoms with van der Waals surface area (Å²) in [6.45, 7) is 2.28. The summed E-state index contributed by atoms with van der Waals surface area (Å²) < 4.78 is 22.5. The first-order valence-corrected chi connectivity index (χ1v) is 9.12. The fraction of sp³-hybridized carbons (Fsp3) is 0.533. The molecule has 1 amide bonds. The van der Waals surface area contributed by atoms with Crippen molar-refractivity contribution in [1.29, 1.82) is 0 Å². The predicted octanol–water partition coefficient (Wildman–Crippen LogP) is 1.48. The van der Waals surface area contributed by atoms with E-state index in [0.29, 0.717) is 0 Å². The fourth-order valence-corrected chi connectivity index (χ4v) is 3.26. The van der Waals surface area contributed by atoms with Gasteiger partial charge >= 0.3 is 0 Å². The van der Waals surface area contributed by atoms with Gasteiger partial charge in [0.15, 0.2) is 0 Å². The maximum atomic E-state index is 12.6. The van der Waals surface area contributed by atoms with Crippen molar-refractivity contribution in [3.05, 3.63) is 29.8 Å². The lowest BCUT2D eigenvalue weighted by Crippen LogP contribution is -2.39. The molecular formula is C15H22N2O3S. The van der Waals surface area contributed by atoms with Gasteiger partial charge < -0.3 is 10.2 Å². The monoisotopic (exact) mass is 310 g/mol. The Morgan fingerprint density at radius 1 is 1.38 bits per heavy atom. The first-order valence-electron chi connectivity index (χ1n) is 7.06. The van der Waals surface area contributed by atoms with Gasteiger partial charge in [-0.3, -0.25) is 4.79 Å². The highest BCUT2D eigenvalue weighted by Crippen LogP contribution is 2.35. The largest absolute Gasteiger partial charge is 0.382 e. The molecule has 1 aromatic carbocycles. The van der Waals surface area contributed by atoms with Crippen LogP contribution in [0.5, 0.6) is 0 Å². The van der Waals surface area contributed by atoms with Crippen LogP contribution in [0.4, 0.5) is 5.69 Å². The van der Waals surface area contributed by atoms with Crippen LogP contribution in [0.15, 0.2) is 24.3 Å². The van der Waals surface area contributed by atoms with Crippen molar-refractivity contribution in [2.45, 2.75) is 25.3 Å². The molecule has 0 fully saturated rings. The number of nitrogens with zero attached hydrogens (tertiary/aromatic N) is 1. The first kappa shape index (κ1) is 15.8. The van der Waals surface area contributed by atoms with Gasteiger partial charge in [0.25, 0.3) is 0 Å². The zero-order valence-corrected chi connectivity index (χ0v) is 13.5. The summed E-state index contributed by atoms with van der Waals surface area (Å²) in [4.78, 5) is 14.2. The summed E-state index contributed by atoms with van der Waals surface area (Å²) in [5.74, 6) is -0.223. The van der Waals surface area contributed by atoms with Crippen molar-refractivity contribution in [2.24, 2.45) is 0 Å².